The van der Waals surface area contributed by atoms with Crippen molar-refractivity contribution in [1.29, 1.82) is 0 Å². The molecule has 5 heteroatoms. The first-order valence-corrected chi connectivity index (χ1v) is 8.65. The fraction of sp³-hybridized carbons (Fsp3) is 0.188. The summed E-state index contributed by atoms with van der Waals surface area (Å²) in [5.41, 5.74) is 4.03. The van der Waals surface area contributed by atoms with Crippen LogP contribution in [0.25, 0.3) is 0 Å². The largest absolute Gasteiger partial charge is 0.352 e. The van der Waals surface area contributed by atoms with Crippen molar-refractivity contribution < 1.29 is 4.79 Å². The van der Waals surface area contributed by atoms with Gasteiger partial charge in [-0.15, -0.1) is 0 Å². The van der Waals surface area contributed by atoms with E-state index in [0.717, 1.165) is 33.1 Å². The van der Waals surface area contributed by atoms with Crippen LogP contribution in [0.1, 0.15) is 31.9 Å². The fourth-order valence-electron chi connectivity index (χ4n) is 2.45. The van der Waals surface area contributed by atoms with E-state index < -0.39 is 0 Å². The van der Waals surface area contributed by atoms with Crippen LogP contribution in [-0.4, -0.2) is 12.5 Å². The topological polar surface area (TPSA) is 29.1 Å². The summed E-state index contributed by atoms with van der Waals surface area (Å²) in [5, 5.41) is 3.57. The predicted molar refractivity (Wildman–Crippen MR) is 92.4 cm³/mol. The van der Waals surface area contributed by atoms with E-state index in [1.54, 1.807) is 0 Å². The van der Waals surface area contributed by atoms with Crippen LogP contribution in [0.15, 0.2) is 40.9 Å². The highest BCUT2D eigenvalue weighted by Gasteiger charge is 2.19. The van der Waals surface area contributed by atoms with Gasteiger partial charge < -0.3 is 5.32 Å². The Labute approximate surface area is 145 Å². The number of alkyl halides is 1. The van der Waals surface area contributed by atoms with Gasteiger partial charge in [-0.3, -0.25) is 4.79 Å². The molecule has 1 aliphatic rings. The zero-order chi connectivity index (χ0) is 15.0. The number of nitrogens with one attached hydrogen (secondary N) is 1. The molecule has 2 aromatic carbocycles. The number of carbonyl (C=O) groups excluding carboxylic acids is 1. The lowest BCUT2D eigenvalue weighted by atomic mass is 9.95. The molecule has 0 aromatic heterocycles. The minimum atomic E-state index is 0.00934. The van der Waals surface area contributed by atoms with E-state index in [1.807, 2.05) is 30.3 Å². The van der Waals surface area contributed by atoms with Crippen LogP contribution >= 0.6 is 43.5 Å². The first-order valence-electron chi connectivity index (χ1n) is 6.56. The summed E-state index contributed by atoms with van der Waals surface area (Å²) in [6.07, 6.45) is 0.890. The van der Waals surface area contributed by atoms with Gasteiger partial charge in [-0.25, -0.2) is 0 Å². The summed E-state index contributed by atoms with van der Waals surface area (Å²) < 4.78 is 0.863. The molecular weight excluding hydrogens is 417 g/mol. The van der Waals surface area contributed by atoms with Crippen molar-refractivity contribution >= 4 is 49.4 Å². The van der Waals surface area contributed by atoms with Crippen molar-refractivity contribution in [3.05, 3.63) is 68.1 Å². The smallest absolute Gasteiger partial charge is 0.251 e. The predicted octanol–water partition coefficient (Wildman–Crippen LogP) is 4.87. The van der Waals surface area contributed by atoms with E-state index in [1.165, 1.54) is 0 Å². The van der Waals surface area contributed by atoms with Crippen molar-refractivity contribution in [2.24, 2.45) is 0 Å². The van der Waals surface area contributed by atoms with Crippen molar-refractivity contribution in [1.82, 2.24) is 5.32 Å². The van der Waals surface area contributed by atoms with Gasteiger partial charge in [-0.1, -0.05) is 45.7 Å². The van der Waals surface area contributed by atoms with E-state index in [4.69, 9.17) is 11.6 Å². The Morgan fingerprint density at radius 2 is 1.86 bits per heavy atom. The van der Waals surface area contributed by atoms with Gasteiger partial charge in [0.15, 0.2) is 0 Å². The second-order valence-corrected chi connectivity index (χ2v) is 7.14. The summed E-state index contributed by atoms with van der Waals surface area (Å²) in [5.74, 6) is 0.00934. The van der Waals surface area contributed by atoms with Crippen LogP contribution in [-0.2, 0) is 6.42 Å². The molecule has 1 atom stereocenters. The van der Waals surface area contributed by atoms with Crippen molar-refractivity contribution in [2.75, 3.05) is 6.54 Å². The highest BCUT2D eigenvalue weighted by atomic mass is 79.9. The summed E-state index contributed by atoms with van der Waals surface area (Å²) in [4.78, 5) is 12.0. The maximum Gasteiger partial charge on any atom is 0.251 e. The van der Waals surface area contributed by atoms with E-state index >= 15 is 0 Å². The van der Waals surface area contributed by atoms with Crippen LogP contribution in [0.3, 0.4) is 0 Å². The van der Waals surface area contributed by atoms with Crippen LogP contribution in [0.5, 0.6) is 0 Å². The molecule has 1 N–H and O–H groups in total. The van der Waals surface area contributed by atoms with E-state index in [-0.39, 0.29) is 10.7 Å². The molecule has 0 fully saturated rings. The lowest BCUT2D eigenvalue weighted by molar-refractivity contribution is 0.0946. The first kappa shape index (κ1) is 15.1. The minimum absolute atomic E-state index is 0.00934. The lowest BCUT2D eigenvalue weighted by Crippen LogP contribution is -2.31. The Morgan fingerprint density at radius 3 is 2.62 bits per heavy atom. The average molecular weight is 430 g/mol. The maximum atomic E-state index is 11.9. The number of amides is 1. The Balaban J connectivity index is 1.98. The molecule has 1 amide bonds. The van der Waals surface area contributed by atoms with Crippen LogP contribution in [0.2, 0.25) is 5.02 Å². The molecule has 1 aliphatic heterocycles. The van der Waals surface area contributed by atoms with Crippen LogP contribution in [0.4, 0.5) is 0 Å². The summed E-state index contributed by atoms with van der Waals surface area (Å²) in [7, 11) is 0. The number of carbonyl (C=O) groups is 1. The van der Waals surface area contributed by atoms with E-state index in [2.05, 4.69) is 43.2 Å². The van der Waals surface area contributed by atoms with Gasteiger partial charge in [-0.2, -0.15) is 0 Å². The number of hydrogen-bond donors (Lipinski definition) is 1. The Bertz CT molecular complexity index is 717. The molecule has 1 unspecified atom stereocenters. The number of hydrogen-bond acceptors (Lipinski definition) is 1. The van der Waals surface area contributed by atoms with Crippen molar-refractivity contribution in [3.63, 3.8) is 0 Å². The second-order valence-electron chi connectivity index (χ2n) is 4.96. The highest BCUT2D eigenvalue weighted by Crippen LogP contribution is 2.35. The Hall–Kier alpha value is -0.840. The molecule has 0 aliphatic carbocycles. The molecule has 2 nitrogen and oxygen atoms in total. The fourth-order valence-corrected chi connectivity index (χ4v) is 3.53. The summed E-state index contributed by atoms with van der Waals surface area (Å²) >= 11 is 13.2. The molecule has 3 rings (SSSR count). The zero-order valence-electron chi connectivity index (χ0n) is 11.0. The molecule has 0 saturated heterocycles. The van der Waals surface area contributed by atoms with Gasteiger partial charge in [0.05, 0.1) is 9.85 Å². The highest BCUT2D eigenvalue weighted by molar-refractivity contribution is 9.10. The first-order chi connectivity index (χ1) is 10.1. The van der Waals surface area contributed by atoms with Gasteiger partial charge >= 0.3 is 0 Å². The molecule has 2 aromatic rings. The minimum Gasteiger partial charge on any atom is -0.352 e. The monoisotopic (exact) mass is 427 g/mol. The second kappa shape index (κ2) is 6.11. The summed E-state index contributed by atoms with van der Waals surface area (Å²) in [6.45, 7) is 0.715. The van der Waals surface area contributed by atoms with E-state index in [0.29, 0.717) is 11.6 Å². The molecule has 0 spiro atoms. The quantitative estimate of drug-likeness (QED) is 0.678. The van der Waals surface area contributed by atoms with Gasteiger partial charge in [0, 0.05) is 16.6 Å². The van der Waals surface area contributed by atoms with Gasteiger partial charge in [0.25, 0.3) is 5.91 Å². The third-order valence-electron chi connectivity index (χ3n) is 3.59. The maximum absolute atomic E-state index is 11.9. The molecule has 108 valence electrons. The van der Waals surface area contributed by atoms with Crippen LogP contribution < -0.4 is 5.32 Å². The molecule has 1 heterocycles. The number of benzene rings is 2. The van der Waals surface area contributed by atoms with Crippen molar-refractivity contribution in [2.45, 2.75) is 11.2 Å². The molecule has 21 heavy (non-hydrogen) atoms. The third kappa shape index (κ3) is 3.03. The SMILES string of the molecule is O=C1NCCc2ccc(C(Br)c3ccc(Cl)c(Br)c3)cc21. The normalized spacial score (nSPS) is 15.3. The van der Waals surface area contributed by atoms with Gasteiger partial charge in [-0.05, 0) is 57.2 Å². The third-order valence-corrected chi connectivity index (χ3v) is 5.86. The average Bonchev–Trinajstić information content (AvgIpc) is 2.49. The van der Waals surface area contributed by atoms with E-state index in [9.17, 15) is 4.79 Å². The molecular formula is C16H12Br2ClNO. The lowest BCUT2D eigenvalue weighted by Gasteiger charge is -2.19. The number of fused-ring (bicyclic) bond motifs is 1. The Morgan fingerprint density at radius 1 is 1.14 bits per heavy atom. The van der Waals surface area contributed by atoms with Crippen LogP contribution in [0, 0.1) is 0 Å². The van der Waals surface area contributed by atoms with Gasteiger partial charge in [0.1, 0.15) is 0 Å². The zero-order valence-corrected chi connectivity index (χ0v) is 14.9. The summed E-state index contributed by atoms with van der Waals surface area (Å²) in [6, 6.07) is 11.9. The van der Waals surface area contributed by atoms with Crippen molar-refractivity contribution in [3.8, 4) is 0 Å². The molecule has 0 saturated carbocycles. The number of rotatable bonds is 2. The standard InChI is InChI=1S/C16H12Br2ClNO/c17-13-8-11(3-4-14(13)19)15(18)10-2-1-9-5-6-20-16(21)12(9)7-10/h1-4,7-8,15H,5-6H2,(H,20,21). The number of halogens is 3. The van der Waals surface area contributed by atoms with Gasteiger partial charge in [0.2, 0.25) is 0 Å². The molecule has 0 radical (unpaired) electrons. The Kier molecular flexibility index (Phi) is 4.38. The molecule has 0 bridgehead atoms.